The summed E-state index contributed by atoms with van der Waals surface area (Å²) in [4.78, 5) is 3.29. The van der Waals surface area contributed by atoms with Crippen molar-refractivity contribution in [3.63, 3.8) is 0 Å². The predicted octanol–water partition coefficient (Wildman–Crippen LogP) is 3.47. The molecule has 0 aliphatic heterocycles. The Labute approximate surface area is 88.1 Å². The molecule has 0 radical (unpaired) electrons. The summed E-state index contributed by atoms with van der Waals surface area (Å²) in [5, 5.41) is 10.8. The fourth-order valence-electron chi connectivity index (χ4n) is 1.81. The number of aryl methyl sites for hydroxylation is 1. The van der Waals surface area contributed by atoms with E-state index in [1.807, 2.05) is 37.3 Å². The second-order valence-corrected chi connectivity index (χ2v) is 3.47. The first-order valence-electron chi connectivity index (χ1n) is 4.93. The van der Waals surface area contributed by atoms with Crippen molar-refractivity contribution in [1.82, 2.24) is 0 Å². The molecule has 0 amide bonds. The molecule has 0 heterocycles. The van der Waals surface area contributed by atoms with Gasteiger partial charge in [0.05, 0.1) is 5.39 Å². The third-order valence-electron chi connectivity index (χ3n) is 2.64. The van der Waals surface area contributed by atoms with Gasteiger partial charge in [0.1, 0.15) is 0 Å². The molecule has 2 aromatic rings. The Balaban J connectivity index is 2.92. The Hall–Kier alpha value is -2.08. The highest BCUT2D eigenvalue weighted by molar-refractivity contribution is 6.02. The molecule has 0 saturated heterocycles. The lowest BCUT2D eigenvalue weighted by molar-refractivity contribution is 1.15. The Kier molecular flexibility index (Phi) is 2.26. The van der Waals surface area contributed by atoms with Crippen molar-refractivity contribution in [2.45, 2.75) is 13.3 Å². The minimum absolute atomic E-state index is 0.580. The molecule has 0 fully saturated rings. The van der Waals surface area contributed by atoms with Crippen molar-refractivity contribution in [2.75, 3.05) is 5.73 Å². The number of nitrogens with two attached hydrogens (primary N) is 1. The molecular weight excluding hydrogens is 186 g/mol. The maximum Gasteiger partial charge on any atom is 0.393 e. The largest absolute Gasteiger partial charge is 0.398 e. The quantitative estimate of drug-likeness (QED) is 0.563. The molecule has 0 saturated carbocycles. The van der Waals surface area contributed by atoms with Crippen LogP contribution in [0.1, 0.15) is 12.5 Å². The third kappa shape index (κ3) is 1.40. The first-order chi connectivity index (χ1) is 7.27. The fourth-order valence-corrected chi connectivity index (χ4v) is 1.81. The van der Waals surface area contributed by atoms with E-state index in [0.29, 0.717) is 5.69 Å². The van der Waals surface area contributed by atoms with Crippen LogP contribution in [0.5, 0.6) is 0 Å². The number of nitrogens with zero attached hydrogens (tertiary/aromatic N) is 2. The van der Waals surface area contributed by atoms with Gasteiger partial charge in [-0.1, -0.05) is 25.1 Å². The van der Waals surface area contributed by atoms with Crippen molar-refractivity contribution in [1.29, 1.82) is 5.39 Å². The van der Waals surface area contributed by atoms with Crippen LogP contribution in [0.4, 0.5) is 11.4 Å². The molecule has 2 rings (SSSR count). The molecule has 0 aliphatic carbocycles. The van der Waals surface area contributed by atoms with Crippen LogP contribution >= 0.6 is 0 Å². The minimum atomic E-state index is 0.580. The summed E-state index contributed by atoms with van der Waals surface area (Å²) in [7, 11) is 0. The van der Waals surface area contributed by atoms with E-state index in [1.165, 1.54) is 0 Å². The SMILES string of the molecule is CCc1cc([N+]#N)c2ccccc2c1N. The van der Waals surface area contributed by atoms with E-state index in [0.717, 1.165) is 28.4 Å². The zero-order chi connectivity index (χ0) is 10.8. The number of rotatable bonds is 1. The van der Waals surface area contributed by atoms with Crippen LogP contribution in [0.25, 0.3) is 15.7 Å². The monoisotopic (exact) mass is 198 g/mol. The van der Waals surface area contributed by atoms with Gasteiger partial charge in [-0.3, -0.25) is 0 Å². The van der Waals surface area contributed by atoms with Gasteiger partial charge in [-0.2, -0.15) is 0 Å². The summed E-state index contributed by atoms with van der Waals surface area (Å²) < 4.78 is 0. The van der Waals surface area contributed by atoms with Crippen molar-refractivity contribution in [3.05, 3.63) is 40.9 Å². The van der Waals surface area contributed by atoms with E-state index in [9.17, 15) is 0 Å². The molecule has 0 spiro atoms. The van der Waals surface area contributed by atoms with Gasteiger partial charge in [-0.05, 0) is 18.1 Å². The summed E-state index contributed by atoms with van der Waals surface area (Å²) >= 11 is 0. The Morgan fingerprint density at radius 1 is 1.27 bits per heavy atom. The summed E-state index contributed by atoms with van der Waals surface area (Å²) in [5.41, 5.74) is 8.40. The summed E-state index contributed by atoms with van der Waals surface area (Å²) in [6.45, 7) is 2.03. The molecular formula is C12H12N3+. The number of nitrogen functional groups attached to an aromatic ring is 1. The molecule has 0 aromatic heterocycles. The van der Waals surface area contributed by atoms with Gasteiger partial charge in [0.2, 0.25) is 5.39 Å². The lowest BCUT2D eigenvalue weighted by Gasteiger charge is -2.04. The van der Waals surface area contributed by atoms with Crippen LogP contribution < -0.4 is 5.73 Å². The molecule has 3 heteroatoms. The second kappa shape index (κ2) is 3.58. The first kappa shape index (κ1) is 9.47. The summed E-state index contributed by atoms with van der Waals surface area (Å²) in [5.74, 6) is 0. The van der Waals surface area contributed by atoms with Gasteiger partial charge in [0.25, 0.3) is 0 Å². The molecule has 0 atom stereocenters. The maximum atomic E-state index is 8.93. The minimum Gasteiger partial charge on any atom is -0.398 e. The highest BCUT2D eigenvalue weighted by Crippen LogP contribution is 2.33. The zero-order valence-electron chi connectivity index (χ0n) is 8.57. The van der Waals surface area contributed by atoms with Crippen molar-refractivity contribution in [2.24, 2.45) is 0 Å². The number of benzene rings is 2. The normalized spacial score (nSPS) is 10.1. The van der Waals surface area contributed by atoms with E-state index in [-0.39, 0.29) is 0 Å². The molecule has 0 bridgehead atoms. The number of hydrogen-bond acceptors (Lipinski definition) is 2. The molecule has 74 valence electrons. The van der Waals surface area contributed by atoms with Gasteiger partial charge in [-0.15, -0.1) is 0 Å². The topological polar surface area (TPSA) is 54.2 Å². The fraction of sp³-hybridized carbons (Fsp3) is 0.167. The average Bonchev–Trinajstić information content (AvgIpc) is 2.30. The maximum absolute atomic E-state index is 8.93. The van der Waals surface area contributed by atoms with Crippen LogP contribution in [-0.4, -0.2) is 0 Å². The van der Waals surface area contributed by atoms with Gasteiger partial charge in [0, 0.05) is 17.1 Å². The van der Waals surface area contributed by atoms with E-state index >= 15 is 0 Å². The van der Waals surface area contributed by atoms with Crippen molar-refractivity contribution >= 4 is 22.1 Å². The van der Waals surface area contributed by atoms with E-state index in [2.05, 4.69) is 4.98 Å². The standard InChI is InChI=1S/C12H12N3/c1-2-8-7-11(15-14)9-5-3-4-6-10(9)12(8)13/h3-7H,2,13H2,1H3/q+1. The van der Waals surface area contributed by atoms with Crippen LogP contribution in [0.15, 0.2) is 30.3 Å². The highest BCUT2D eigenvalue weighted by atomic mass is 14.8. The number of hydrogen-bond donors (Lipinski definition) is 1. The van der Waals surface area contributed by atoms with Crippen LogP contribution in [0.2, 0.25) is 0 Å². The molecule has 15 heavy (non-hydrogen) atoms. The molecule has 0 aliphatic rings. The summed E-state index contributed by atoms with van der Waals surface area (Å²) in [6, 6.07) is 9.51. The van der Waals surface area contributed by atoms with E-state index < -0.39 is 0 Å². The van der Waals surface area contributed by atoms with E-state index in [1.54, 1.807) is 0 Å². The van der Waals surface area contributed by atoms with Gasteiger partial charge in [0.15, 0.2) is 4.98 Å². The lowest BCUT2D eigenvalue weighted by Crippen LogP contribution is -1.94. The van der Waals surface area contributed by atoms with Gasteiger partial charge >= 0.3 is 5.69 Å². The van der Waals surface area contributed by atoms with Crippen molar-refractivity contribution < 1.29 is 0 Å². The number of diazo groups is 1. The zero-order valence-corrected chi connectivity index (χ0v) is 8.57. The summed E-state index contributed by atoms with van der Waals surface area (Å²) in [6.07, 6.45) is 0.833. The second-order valence-electron chi connectivity index (χ2n) is 3.47. The number of fused-ring (bicyclic) bond motifs is 1. The van der Waals surface area contributed by atoms with Crippen LogP contribution in [0.3, 0.4) is 0 Å². The lowest BCUT2D eigenvalue weighted by atomic mass is 10.0. The Bertz CT molecular complexity index is 553. The third-order valence-corrected chi connectivity index (χ3v) is 2.64. The van der Waals surface area contributed by atoms with E-state index in [4.69, 9.17) is 11.1 Å². The predicted molar refractivity (Wildman–Crippen MR) is 62.5 cm³/mol. The van der Waals surface area contributed by atoms with Crippen molar-refractivity contribution in [3.8, 4) is 0 Å². The first-order valence-corrected chi connectivity index (χ1v) is 4.93. The smallest absolute Gasteiger partial charge is 0.393 e. The van der Waals surface area contributed by atoms with Gasteiger partial charge < -0.3 is 5.73 Å². The molecule has 0 unspecified atom stereocenters. The Morgan fingerprint density at radius 3 is 2.53 bits per heavy atom. The highest BCUT2D eigenvalue weighted by Gasteiger charge is 2.15. The molecule has 2 aromatic carbocycles. The van der Waals surface area contributed by atoms with Crippen LogP contribution in [0, 0.1) is 5.39 Å². The molecule has 3 nitrogen and oxygen atoms in total. The van der Waals surface area contributed by atoms with Gasteiger partial charge in [-0.25, -0.2) is 0 Å². The average molecular weight is 198 g/mol. The Morgan fingerprint density at radius 2 is 1.93 bits per heavy atom. The number of anilines is 1. The molecule has 2 N–H and O–H groups in total. The van der Waals surface area contributed by atoms with Crippen LogP contribution in [-0.2, 0) is 6.42 Å².